The van der Waals surface area contributed by atoms with Gasteiger partial charge in [0.25, 0.3) is 0 Å². The van der Waals surface area contributed by atoms with Gasteiger partial charge in [-0.05, 0) is 38.5 Å². The molecule has 1 aromatic carbocycles. The minimum atomic E-state index is -0.301. The Morgan fingerprint density at radius 2 is 1.90 bits per heavy atom. The number of anilines is 1. The van der Waals surface area contributed by atoms with Crippen molar-refractivity contribution in [3.63, 3.8) is 0 Å². The Labute approximate surface area is 126 Å². The molecule has 0 saturated carbocycles. The quantitative estimate of drug-likeness (QED) is 0.893. The molecular formula is C15H17BrFN3. The molecule has 0 bridgehead atoms. The second-order valence-corrected chi connectivity index (χ2v) is 5.56. The molecule has 0 saturated heterocycles. The van der Waals surface area contributed by atoms with Gasteiger partial charge in [-0.25, -0.2) is 14.4 Å². The molecular weight excluding hydrogens is 321 g/mol. The van der Waals surface area contributed by atoms with E-state index in [1.165, 1.54) is 6.07 Å². The summed E-state index contributed by atoms with van der Waals surface area (Å²) < 4.78 is 14.9. The second kappa shape index (κ2) is 6.31. The van der Waals surface area contributed by atoms with Gasteiger partial charge >= 0.3 is 0 Å². The molecule has 0 radical (unpaired) electrons. The summed E-state index contributed by atoms with van der Waals surface area (Å²) in [6.45, 7) is 6.63. The number of aryl methyl sites for hydroxylation is 2. The highest BCUT2D eigenvalue weighted by molar-refractivity contribution is 9.10. The average molecular weight is 338 g/mol. The predicted molar refractivity (Wildman–Crippen MR) is 83.4 cm³/mol. The molecule has 0 amide bonds. The number of halogens is 2. The van der Waals surface area contributed by atoms with E-state index in [0.717, 1.165) is 28.8 Å². The number of aromatic nitrogens is 2. The first-order chi connectivity index (χ1) is 9.52. The van der Waals surface area contributed by atoms with E-state index in [-0.39, 0.29) is 5.82 Å². The van der Waals surface area contributed by atoms with Crippen LogP contribution in [0, 0.1) is 19.7 Å². The van der Waals surface area contributed by atoms with Crippen LogP contribution in [0.25, 0.3) is 11.3 Å². The van der Waals surface area contributed by atoms with Crippen molar-refractivity contribution < 1.29 is 4.39 Å². The minimum absolute atomic E-state index is 0.301. The first-order valence-electron chi connectivity index (χ1n) is 6.57. The van der Waals surface area contributed by atoms with E-state index in [4.69, 9.17) is 0 Å². The minimum Gasteiger partial charge on any atom is -0.368 e. The Morgan fingerprint density at radius 3 is 2.60 bits per heavy atom. The standard InChI is InChI=1S/C15H17BrFN3/c1-4-7-18-15-14(19-9(2)10(3)20-15)12-8-11(16)5-6-13(12)17/h5-6,8H,4,7H2,1-3H3,(H,18,20). The fraction of sp³-hybridized carbons (Fsp3) is 0.333. The molecule has 1 heterocycles. The van der Waals surface area contributed by atoms with E-state index < -0.39 is 0 Å². The topological polar surface area (TPSA) is 37.8 Å². The number of hydrogen-bond donors (Lipinski definition) is 1. The van der Waals surface area contributed by atoms with Gasteiger partial charge in [-0.2, -0.15) is 0 Å². The van der Waals surface area contributed by atoms with Crippen LogP contribution in [0.1, 0.15) is 24.7 Å². The number of rotatable bonds is 4. The van der Waals surface area contributed by atoms with Crippen LogP contribution in [0.4, 0.5) is 10.2 Å². The lowest BCUT2D eigenvalue weighted by Gasteiger charge is -2.13. The SMILES string of the molecule is CCCNc1nc(C)c(C)nc1-c1cc(Br)ccc1F. The molecule has 1 N–H and O–H groups in total. The van der Waals surface area contributed by atoms with Crippen LogP contribution in [0.2, 0.25) is 0 Å². The zero-order valence-corrected chi connectivity index (χ0v) is 13.4. The van der Waals surface area contributed by atoms with Crippen molar-refractivity contribution in [2.45, 2.75) is 27.2 Å². The predicted octanol–water partition coefficient (Wildman–Crippen LogP) is 4.48. The average Bonchev–Trinajstić information content (AvgIpc) is 2.42. The maximum Gasteiger partial charge on any atom is 0.153 e. The highest BCUT2D eigenvalue weighted by atomic mass is 79.9. The Kier molecular flexibility index (Phi) is 4.70. The lowest BCUT2D eigenvalue weighted by molar-refractivity contribution is 0.630. The van der Waals surface area contributed by atoms with Crippen molar-refractivity contribution >= 4 is 21.7 Å². The molecule has 0 unspecified atom stereocenters. The Morgan fingerprint density at radius 1 is 1.20 bits per heavy atom. The van der Waals surface area contributed by atoms with Gasteiger partial charge in [-0.3, -0.25) is 0 Å². The molecule has 2 rings (SSSR count). The van der Waals surface area contributed by atoms with Crippen LogP contribution in [-0.4, -0.2) is 16.5 Å². The van der Waals surface area contributed by atoms with Gasteiger partial charge < -0.3 is 5.32 Å². The van der Waals surface area contributed by atoms with Gasteiger partial charge in [0.05, 0.1) is 11.4 Å². The van der Waals surface area contributed by atoms with Crippen molar-refractivity contribution in [1.82, 2.24) is 9.97 Å². The molecule has 20 heavy (non-hydrogen) atoms. The number of nitrogens with zero attached hydrogens (tertiary/aromatic N) is 2. The smallest absolute Gasteiger partial charge is 0.153 e. The Hall–Kier alpha value is -1.49. The highest BCUT2D eigenvalue weighted by Crippen LogP contribution is 2.30. The van der Waals surface area contributed by atoms with E-state index in [1.807, 2.05) is 13.8 Å². The molecule has 0 fully saturated rings. The van der Waals surface area contributed by atoms with E-state index >= 15 is 0 Å². The summed E-state index contributed by atoms with van der Waals surface area (Å²) in [5.74, 6) is 0.331. The third-order valence-corrected chi connectivity index (χ3v) is 3.53. The lowest BCUT2D eigenvalue weighted by atomic mass is 10.1. The van der Waals surface area contributed by atoms with Gasteiger partial charge in [0, 0.05) is 16.6 Å². The van der Waals surface area contributed by atoms with Crippen molar-refractivity contribution in [3.05, 3.63) is 39.9 Å². The summed E-state index contributed by atoms with van der Waals surface area (Å²) in [5.41, 5.74) is 2.66. The Balaban J connectivity index is 2.58. The number of hydrogen-bond acceptors (Lipinski definition) is 3. The zero-order chi connectivity index (χ0) is 14.7. The van der Waals surface area contributed by atoms with Crippen LogP contribution in [0.15, 0.2) is 22.7 Å². The van der Waals surface area contributed by atoms with Crippen LogP contribution in [0.3, 0.4) is 0 Å². The summed E-state index contributed by atoms with van der Waals surface area (Å²) in [7, 11) is 0. The maximum atomic E-state index is 14.1. The van der Waals surface area contributed by atoms with E-state index in [9.17, 15) is 4.39 Å². The van der Waals surface area contributed by atoms with Crippen LogP contribution in [-0.2, 0) is 0 Å². The number of nitrogens with one attached hydrogen (secondary N) is 1. The number of benzene rings is 1. The molecule has 0 aliphatic carbocycles. The molecule has 3 nitrogen and oxygen atoms in total. The van der Waals surface area contributed by atoms with Gasteiger partial charge in [0.1, 0.15) is 11.5 Å². The summed E-state index contributed by atoms with van der Waals surface area (Å²) in [6, 6.07) is 4.83. The lowest BCUT2D eigenvalue weighted by Crippen LogP contribution is -2.08. The molecule has 2 aromatic rings. The second-order valence-electron chi connectivity index (χ2n) is 4.64. The van der Waals surface area contributed by atoms with Crippen molar-refractivity contribution in [3.8, 4) is 11.3 Å². The fourth-order valence-corrected chi connectivity index (χ4v) is 2.20. The molecule has 0 spiro atoms. The summed E-state index contributed by atoms with van der Waals surface area (Å²) in [6.07, 6.45) is 0.967. The maximum absolute atomic E-state index is 14.1. The normalized spacial score (nSPS) is 10.7. The van der Waals surface area contributed by atoms with E-state index in [0.29, 0.717) is 17.1 Å². The van der Waals surface area contributed by atoms with Crippen molar-refractivity contribution in [2.75, 3.05) is 11.9 Å². The third-order valence-electron chi connectivity index (χ3n) is 3.03. The third kappa shape index (κ3) is 3.15. The van der Waals surface area contributed by atoms with Crippen molar-refractivity contribution in [2.24, 2.45) is 0 Å². The highest BCUT2D eigenvalue weighted by Gasteiger charge is 2.15. The largest absolute Gasteiger partial charge is 0.368 e. The molecule has 0 aliphatic heterocycles. The van der Waals surface area contributed by atoms with Gasteiger partial charge in [-0.1, -0.05) is 22.9 Å². The molecule has 0 atom stereocenters. The van der Waals surface area contributed by atoms with Crippen LogP contribution in [0.5, 0.6) is 0 Å². The van der Waals surface area contributed by atoms with Gasteiger partial charge in [0.15, 0.2) is 5.82 Å². The monoisotopic (exact) mass is 337 g/mol. The first-order valence-corrected chi connectivity index (χ1v) is 7.36. The first kappa shape index (κ1) is 14.9. The Bertz CT molecular complexity index is 629. The molecule has 0 aliphatic rings. The van der Waals surface area contributed by atoms with Gasteiger partial charge in [-0.15, -0.1) is 0 Å². The van der Waals surface area contributed by atoms with E-state index in [2.05, 4.69) is 38.1 Å². The molecule has 1 aromatic heterocycles. The fourth-order valence-electron chi connectivity index (χ4n) is 1.84. The van der Waals surface area contributed by atoms with Crippen LogP contribution >= 0.6 is 15.9 Å². The van der Waals surface area contributed by atoms with Crippen molar-refractivity contribution in [1.29, 1.82) is 0 Å². The van der Waals surface area contributed by atoms with Crippen LogP contribution < -0.4 is 5.32 Å². The van der Waals surface area contributed by atoms with Gasteiger partial charge in [0.2, 0.25) is 0 Å². The molecule has 106 valence electrons. The zero-order valence-electron chi connectivity index (χ0n) is 11.8. The van der Waals surface area contributed by atoms with E-state index in [1.54, 1.807) is 12.1 Å². The summed E-state index contributed by atoms with van der Waals surface area (Å²) in [4.78, 5) is 9.01. The summed E-state index contributed by atoms with van der Waals surface area (Å²) in [5, 5.41) is 3.22. The summed E-state index contributed by atoms with van der Waals surface area (Å²) >= 11 is 3.37. The molecule has 5 heteroatoms.